The number of H-pyrrole nitrogens is 1. The van der Waals surface area contributed by atoms with E-state index in [1.165, 1.54) is 6.39 Å². The van der Waals surface area contributed by atoms with Crippen LogP contribution < -0.4 is 0 Å². The van der Waals surface area contributed by atoms with E-state index in [0.717, 1.165) is 5.82 Å². The van der Waals surface area contributed by atoms with E-state index < -0.39 is 9.84 Å². The number of nitrogens with zero attached hydrogens (tertiary/aromatic N) is 4. The van der Waals surface area contributed by atoms with Gasteiger partial charge in [0.05, 0.1) is 24.1 Å². The summed E-state index contributed by atoms with van der Waals surface area (Å²) in [5.74, 6) is 1.11. The minimum atomic E-state index is -3.20. The number of aromatic amines is 1. The minimum Gasteiger partial charge on any atom is -0.448 e. The highest BCUT2D eigenvalue weighted by Gasteiger charge is 2.48. The SMILES string of the molecule is CCc1ocnc1C(=O)N1CCN(Cc2ncc[nH]2)[C@@H]2CS(=O)(=O)C[C@@H]21.Cl. The molecule has 0 aliphatic carbocycles. The number of sulfone groups is 1. The molecule has 0 saturated carbocycles. The van der Waals surface area contributed by atoms with Crippen molar-refractivity contribution in [1.82, 2.24) is 24.8 Å². The predicted molar refractivity (Wildman–Crippen MR) is 99.4 cm³/mol. The lowest BCUT2D eigenvalue weighted by molar-refractivity contribution is 0.0293. The highest BCUT2D eigenvalue weighted by Crippen LogP contribution is 2.29. The molecular formula is C16H22ClN5O4S. The molecule has 4 heterocycles. The molecule has 2 fully saturated rings. The lowest BCUT2D eigenvalue weighted by Gasteiger charge is -2.43. The summed E-state index contributed by atoms with van der Waals surface area (Å²) in [5.41, 5.74) is 0.287. The highest BCUT2D eigenvalue weighted by atomic mass is 35.5. The summed E-state index contributed by atoms with van der Waals surface area (Å²) >= 11 is 0. The average Bonchev–Trinajstić information content (AvgIpc) is 3.32. The molecular weight excluding hydrogens is 394 g/mol. The smallest absolute Gasteiger partial charge is 0.276 e. The molecule has 9 nitrogen and oxygen atoms in total. The third-order valence-electron chi connectivity index (χ3n) is 5.12. The van der Waals surface area contributed by atoms with E-state index >= 15 is 0 Å². The van der Waals surface area contributed by atoms with Crippen molar-refractivity contribution in [3.63, 3.8) is 0 Å². The Morgan fingerprint density at radius 3 is 2.78 bits per heavy atom. The van der Waals surface area contributed by atoms with Crippen LogP contribution >= 0.6 is 12.4 Å². The molecule has 0 aromatic carbocycles. The van der Waals surface area contributed by atoms with Gasteiger partial charge in [0.1, 0.15) is 11.6 Å². The van der Waals surface area contributed by atoms with Gasteiger partial charge >= 0.3 is 0 Å². The highest BCUT2D eigenvalue weighted by molar-refractivity contribution is 7.91. The van der Waals surface area contributed by atoms with Crippen molar-refractivity contribution in [2.24, 2.45) is 0 Å². The topological polar surface area (TPSA) is 112 Å². The zero-order valence-corrected chi connectivity index (χ0v) is 16.5. The van der Waals surface area contributed by atoms with Crippen LogP contribution in [-0.2, 0) is 22.8 Å². The zero-order chi connectivity index (χ0) is 18.3. The number of carbonyl (C=O) groups is 1. The molecule has 2 aromatic heterocycles. The number of rotatable bonds is 4. The van der Waals surface area contributed by atoms with Crippen molar-refractivity contribution in [2.45, 2.75) is 32.0 Å². The van der Waals surface area contributed by atoms with E-state index in [4.69, 9.17) is 4.42 Å². The van der Waals surface area contributed by atoms with Crippen molar-refractivity contribution in [3.8, 4) is 0 Å². The quantitative estimate of drug-likeness (QED) is 0.773. The summed E-state index contributed by atoms with van der Waals surface area (Å²) in [4.78, 5) is 28.1. The second-order valence-electron chi connectivity index (χ2n) is 6.69. The van der Waals surface area contributed by atoms with Crippen molar-refractivity contribution >= 4 is 28.2 Å². The third kappa shape index (κ3) is 3.74. The number of oxazole rings is 1. The molecule has 1 N–H and O–H groups in total. The fourth-order valence-corrected chi connectivity index (χ4v) is 5.89. The summed E-state index contributed by atoms with van der Waals surface area (Å²) in [7, 11) is -3.20. The number of aryl methyl sites for hydroxylation is 1. The molecule has 2 atom stereocenters. The van der Waals surface area contributed by atoms with Crippen molar-refractivity contribution in [1.29, 1.82) is 0 Å². The Morgan fingerprint density at radius 2 is 2.07 bits per heavy atom. The maximum Gasteiger partial charge on any atom is 0.276 e. The number of carbonyl (C=O) groups excluding carboxylic acids is 1. The fourth-order valence-electron chi connectivity index (χ4n) is 3.88. The Labute approximate surface area is 163 Å². The summed E-state index contributed by atoms with van der Waals surface area (Å²) in [6.07, 6.45) is 5.25. The first-order chi connectivity index (χ1) is 12.5. The second-order valence-corrected chi connectivity index (χ2v) is 8.85. The Bertz CT molecular complexity index is 898. The second kappa shape index (κ2) is 7.61. The van der Waals surface area contributed by atoms with Crippen LogP contribution in [0.25, 0.3) is 0 Å². The summed E-state index contributed by atoms with van der Waals surface area (Å²) < 4.78 is 29.9. The maximum atomic E-state index is 13.0. The molecule has 2 aliphatic rings. The van der Waals surface area contributed by atoms with Gasteiger partial charge in [-0.05, 0) is 0 Å². The van der Waals surface area contributed by atoms with Gasteiger partial charge in [0.15, 0.2) is 21.9 Å². The van der Waals surface area contributed by atoms with Gasteiger partial charge in [-0.1, -0.05) is 6.92 Å². The van der Waals surface area contributed by atoms with Crippen LogP contribution in [0.1, 0.15) is 29.0 Å². The number of amides is 1. The number of fused-ring (bicyclic) bond motifs is 1. The first-order valence-electron chi connectivity index (χ1n) is 8.64. The van der Waals surface area contributed by atoms with E-state index in [1.54, 1.807) is 17.3 Å². The Balaban J connectivity index is 0.00000210. The van der Waals surface area contributed by atoms with Gasteiger partial charge < -0.3 is 14.3 Å². The summed E-state index contributed by atoms with van der Waals surface area (Å²) in [5, 5.41) is 0. The van der Waals surface area contributed by atoms with Gasteiger partial charge in [-0.3, -0.25) is 9.69 Å². The van der Waals surface area contributed by atoms with Crippen molar-refractivity contribution < 1.29 is 17.6 Å². The molecule has 0 radical (unpaired) electrons. The molecule has 11 heteroatoms. The number of hydrogen-bond donors (Lipinski definition) is 1. The predicted octanol–water partition coefficient (Wildman–Crippen LogP) is 0.506. The molecule has 2 aliphatic heterocycles. The van der Waals surface area contributed by atoms with Crippen molar-refractivity contribution in [3.05, 3.63) is 36.1 Å². The van der Waals surface area contributed by atoms with E-state index in [1.807, 2.05) is 6.92 Å². The Kier molecular flexibility index (Phi) is 5.59. The fraction of sp³-hybridized carbons (Fsp3) is 0.562. The van der Waals surface area contributed by atoms with Crippen LogP contribution in [0.2, 0.25) is 0 Å². The molecule has 1 amide bonds. The van der Waals surface area contributed by atoms with Crippen LogP contribution in [0, 0.1) is 0 Å². The molecule has 0 spiro atoms. The molecule has 0 bridgehead atoms. The average molecular weight is 416 g/mol. The zero-order valence-electron chi connectivity index (χ0n) is 14.9. The van der Waals surface area contributed by atoms with Gasteiger partial charge in [0, 0.05) is 37.9 Å². The van der Waals surface area contributed by atoms with Crippen molar-refractivity contribution in [2.75, 3.05) is 24.6 Å². The summed E-state index contributed by atoms with van der Waals surface area (Å²) in [6, 6.07) is -0.614. The number of hydrogen-bond acceptors (Lipinski definition) is 7. The maximum absolute atomic E-state index is 13.0. The first kappa shape index (κ1) is 19.8. The van der Waals surface area contributed by atoms with E-state index in [9.17, 15) is 13.2 Å². The minimum absolute atomic E-state index is 0. The number of halogens is 1. The Morgan fingerprint density at radius 1 is 1.30 bits per heavy atom. The number of nitrogens with one attached hydrogen (secondary N) is 1. The molecule has 27 heavy (non-hydrogen) atoms. The molecule has 2 saturated heterocycles. The number of aromatic nitrogens is 3. The number of piperazine rings is 1. The van der Waals surface area contributed by atoms with Crippen LogP contribution in [-0.4, -0.2) is 75.8 Å². The molecule has 4 rings (SSSR count). The van der Waals surface area contributed by atoms with E-state index in [2.05, 4.69) is 19.9 Å². The molecule has 148 valence electrons. The van der Waals surface area contributed by atoms with E-state index in [0.29, 0.717) is 31.8 Å². The van der Waals surface area contributed by atoms with Gasteiger partial charge in [0.2, 0.25) is 0 Å². The lowest BCUT2D eigenvalue weighted by atomic mass is 10.0. The third-order valence-corrected chi connectivity index (χ3v) is 6.82. The van der Waals surface area contributed by atoms with Crippen LogP contribution in [0.15, 0.2) is 23.2 Å². The number of imidazole rings is 1. The molecule has 0 unspecified atom stereocenters. The normalized spacial score (nSPS) is 24.4. The monoisotopic (exact) mass is 415 g/mol. The standard InChI is InChI=1S/C16H21N5O4S.ClH/c1-2-13-15(19-10-25-13)16(22)21-6-5-20(7-14-17-3-4-18-14)11-8-26(23,24)9-12(11)21;/h3-4,10-12H,2,5-9H2,1H3,(H,17,18);1H/t11-,12+;/m1./s1. The van der Waals surface area contributed by atoms with Crippen LogP contribution in [0.4, 0.5) is 0 Å². The lowest BCUT2D eigenvalue weighted by Crippen LogP contribution is -2.60. The molecule has 2 aromatic rings. The van der Waals surface area contributed by atoms with Gasteiger partial charge in [0.25, 0.3) is 5.91 Å². The van der Waals surface area contributed by atoms with Crippen LogP contribution in [0.3, 0.4) is 0 Å². The van der Waals surface area contributed by atoms with Crippen LogP contribution in [0.5, 0.6) is 0 Å². The van der Waals surface area contributed by atoms with Gasteiger partial charge in [-0.25, -0.2) is 18.4 Å². The van der Waals surface area contributed by atoms with Gasteiger partial charge in [-0.15, -0.1) is 12.4 Å². The van der Waals surface area contributed by atoms with E-state index in [-0.39, 0.29) is 47.6 Å². The Hall–Kier alpha value is -1.91. The largest absolute Gasteiger partial charge is 0.448 e. The van der Waals surface area contributed by atoms with Gasteiger partial charge in [-0.2, -0.15) is 0 Å². The first-order valence-corrected chi connectivity index (χ1v) is 10.5. The summed E-state index contributed by atoms with van der Waals surface area (Å²) in [6.45, 7) is 3.46.